The molecular formula is C14H28N2O4. The van der Waals surface area contributed by atoms with E-state index in [0.29, 0.717) is 13.2 Å². The predicted molar refractivity (Wildman–Crippen MR) is 76.2 cm³/mol. The molecule has 20 heavy (non-hydrogen) atoms. The first-order valence-electron chi connectivity index (χ1n) is 7.71. The second kappa shape index (κ2) is 10.5. The molecule has 0 amide bonds. The van der Waals surface area contributed by atoms with Gasteiger partial charge in [-0.15, -0.1) is 0 Å². The molecule has 0 aliphatic carbocycles. The van der Waals surface area contributed by atoms with Gasteiger partial charge in [-0.25, -0.2) is 0 Å². The van der Waals surface area contributed by atoms with E-state index in [9.17, 15) is 0 Å². The van der Waals surface area contributed by atoms with Gasteiger partial charge in [0.05, 0.1) is 52.9 Å². The molecule has 0 atom stereocenters. The Hall–Kier alpha value is -0.240. The normalized spacial score (nSPS) is 22.2. The molecule has 0 aromatic rings. The molecule has 0 bridgehead atoms. The Kier molecular flexibility index (Phi) is 8.46. The molecule has 0 N–H and O–H groups in total. The summed E-state index contributed by atoms with van der Waals surface area (Å²) in [6.07, 6.45) is 0. The molecule has 6 heteroatoms. The maximum absolute atomic E-state index is 5.59. The van der Waals surface area contributed by atoms with Gasteiger partial charge in [-0.05, 0) is 0 Å². The molecule has 0 spiro atoms. The molecule has 0 unspecified atom stereocenters. The molecule has 118 valence electrons. The predicted octanol–water partition coefficient (Wildman–Crippen LogP) is -0.316. The van der Waals surface area contributed by atoms with Gasteiger partial charge in [0.1, 0.15) is 0 Å². The van der Waals surface area contributed by atoms with Crippen molar-refractivity contribution >= 4 is 0 Å². The van der Waals surface area contributed by atoms with Crippen molar-refractivity contribution in [2.45, 2.75) is 0 Å². The lowest BCUT2D eigenvalue weighted by Gasteiger charge is -2.26. The smallest absolute Gasteiger partial charge is 0.0701 e. The topological polar surface area (TPSA) is 43.4 Å². The fourth-order valence-electron chi connectivity index (χ4n) is 2.36. The van der Waals surface area contributed by atoms with Crippen molar-refractivity contribution in [3.63, 3.8) is 0 Å². The van der Waals surface area contributed by atoms with Crippen LogP contribution in [0.25, 0.3) is 0 Å². The van der Waals surface area contributed by atoms with Crippen LogP contribution in [-0.2, 0) is 18.9 Å². The van der Waals surface area contributed by atoms with Crippen LogP contribution in [0.5, 0.6) is 0 Å². The van der Waals surface area contributed by atoms with E-state index in [1.165, 1.54) is 0 Å². The second-order valence-corrected chi connectivity index (χ2v) is 5.13. The SMILES string of the molecule is C(COCCN1CCOCC1)OCCN1CCOCC1. The molecular weight excluding hydrogens is 260 g/mol. The zero-order valence-electron chi connectivity index (χ0n) is 12.4. The molecule has 2 heterocycles. The zero-order valence-corrected chi connectivity index (χ0v) is 12.4. The lowest BCUT2D eigenvalue weighted by molar-refractivity contribution is -0.00268. The third kappa shape index (κ3) is 6.97. The number of ether oxygens (including phenoxy) is 4. The molecule has 0 saturated carbocycles. The van der Waals surface area contributed by atoms with Gasteiger partial charge in [0, 0.05) is 39.3 Å². The van der Waals surface area contributed by atoms with Gasteiger partial charge in [0.2, 0.25) is 0 Å². The number of morpholine rings is 2. The quantitative estimate of drug-likeness (QED) is 0.542. The van der Waals surface area contributed by atoms with Crippen molar-refractivity contribution in [1.82, 2.24) is 9.80 Å². The van der Waals surface area contributed by atoms with Gasteiger partial charge in [-0.3, -0.25) is 9.80 Å². The van der Waals surface area contributed by atoms with Crippen LogP contribution < -0.4 is 0 Å². The standard InChI is InChI=1S/C14H28N2O4/c1-7-17-8-2-15(1)5-11-19-13-14-20-12-6-16-3-9-18-10-4-16/h1-14H2. The average Bonchev–Trinajstić information content (AvgIpc) is 2.52. The van der Waals surface area contributed by atoms with Crippen LogP contribution in [0.4, 0.5) is 0 Å². The van der Waals surface area contributed by atoms with E-state index in [1.54, 1.807) is 0 Å². The van der Waals surface area contributed by atoms with Gasteiger partial charge >= 0.3 is 0 Å². The highest BCUT2D eigenvalue weighted by atomic mass is 16.5. The third-order valence-corrected chi connectivity index (χ3v) is 3.68. The van der Waals surface area contributed by atoms with Gasteiger partial charge < -0.3 is 18.9 Å². The van der Waals surface area contributed by atoms with E-state index in [2.05, 4.69) is 9.80 Å². The summed E-state index contributed by atoms with van der Waals surface area (Å²) in [5.41, 5.74) is 0. The molecule has 0 aromatic carbocycles. The van der Waals surface area contributed by atoms with E-state index in [0.717, 1.165) is 78.9 Å². The van der Waals surface area contributed by atoms with Gasteiger partial charge in [0.15, 0.2) is 0 Å². The van der Waals surface area contributed by atoms with Crippen LogP contribution in [0.1, 0.15) is 0 Å². The van der Waals surface area contributed by atoms with Gasteiger partial charge in [-0.1, -0.05) is 0 Å². The summed E-state index contributed by atoms with van der Waals surface area (Å²) in [6.45, 7) is 12.5. The van der Waals surface area contributed by atoms with E-state index >= 15 is 0 Å². The molecule has 2 saturated heterocycles. The first-order chi connectivity index (χ1) is 9.95. The summed E-state index contributed by atoms with van der Waals surface area (Å²) in [4.78, 5) is 4.76. The Labute approximate surface area is 121 Å². The molecule has 2 aliphatic heterocycles. The zero-order chi connectivity index (χ0) is 13.9. The first kappa shape index (κ1) is 16.1. The largest absolute Gasteiger partial charge is 0.379 e. The number of hydrogen-bond donors (Lipinski definition) is 0. The maximum atomic E-state index is 5.59. The average molecular weight is 288 g/mol. The summed E-state index contributed by atoms with van der Waals surface area (Å²) in [5.74, 6) is 0. The van der Waals surface area contributed by atoms with Crippen molar-refractivity contribution < 1.29 is 18.9 Å². The van der Waals surface area contributed by atoms with Crippen LogP contribution in [0.2, 0.25) is 0 Å². The van der Waals surface area contributed by atoms with E-state index in [1.807, 2.05) is 0 Å². The van der Waals surface area contributed by atoms with Crippen LogP contribution in [-0.4, -0.2) is 102 Å². The lowest BCUT2D eigenvalue weighted by Crippen LogP contribution is -2.38. The van der Waals surface area contributed by atoms with Gasteiger partial charge in [-0.2, -0.15) is 0 Å². The van der Waals surface area contributed by atoms with Crippen molar-refractivity contribution in [2.24, 2.45) is 0 Å². The monoisotopic (exact) mass is 288 g/mol. The van der Waals surface area contributed by atoms with E-state index in [4.69, 9.17) is 18.9 Å². The Bertz CT molecular complexity index is 207. The van der Waals surface area contributed by atoms with E-state index < -0.39 is 0 Å². The Morgan fingerprint density at radius 2 is 1.00 bits per heavy atom. The molecule has 2 aliphatic rings. The second-order valence-electron chi connectivity index (χ2n) is 5.13. The number of hydrogen-bond acceptors (Lipinski definition) is 6. The minimum atomic E-state index is 0.688. The minimum absolute atomic E-state index is 0.688. The summed E-state index contributed by atoms with van der Waals surface area (Å²) in [5, 5.41) is 0. The van der Waals surface area contributed by atoms with Crippen molar-refractivity contribution in [2.75, 3.05) is 92.1 Å². The molecule has 2 fully saturated rings. The Morgan fingerprint density at radius 1 is 0.600 bits per heavy atom. The number of rotatable bonds is 9. The highest BCUT2D eigenvalue weighted by molar-refractivity contribution is 4.61. The Balaban J connectivity index is 1.33. The van der Waals surface area contributed by atoms with Crippen LogP contribution >= 0.6 is 0 Å². The first-order valence-corrected chi connectivity index (χ1v) is 7.71. The van der Waals surface area contributed by atoms with Crippen LogP contribution in [0.15, 0.2) is 0 Å². The van der Waals surface area contributed by atoms with Gasteiger partial charge in [0.25, 0.3) is 0 Å². The maximum Gasteiger partial charge on any atom is 0.0701 e. The van der Waals surface area contributed by atoms with Crippen LogP contribution in [0.3, 0.4) is 0 Å². The highest BCUT2D eigenvalue weighted by Crippen LogP contribution is 1.97. The lowest BCUT2D eigenvalue weighted by atomic mass is 10.4. The third-order valence-electron chi connectivity index (χ3n) is 3.68. The number of nitrogens with zero attached hydrogens (tertiary/aromatic N) is 2. The molecule has 2 rings (SSSR count). The summed E-state index contributed by atoms with van der Waals surface area (Å²) < 4.78 is 21.8. The van der Waals surface area contributed by atoms with E-state index in [-0.39, 0.29) is 0 Å². The van der Waals surface area contributed by atoms with Crippen molar-refractivity contribution in [3.8, 4) is 0 Å². The fraction of sp³-hybridized carbons (Fsp3) is 1.00. The highest BCUT2D eigenvalue weighted by Gasteiger charge is 2.10. The molecule has 0 radical (unpaired) electrons. The molecule has 6 nitrogen and oxygen atoms in total. The van der Waals surface area contributed by atoms with Crippen molar-refractivity contribution in [1.29, 1.82) is 0 Å². The molecule has 0 aromatic heterocycles. The van der Waals surface area contributed by atoms with Crippen LogP contribution in [0, 0.1) is 0 Å². The van der Waals surface area contributed by atoms with Crippen molar-refractivity contribution in [3.05, 3.63) is 0 Å². The Morgan fingerprint density at radius 3 is 1.40 bits per heavy atom. The summed E-state index contributed by atoms with van der Waals surface area (Å²) in [7, 11) is 0. The minimum Gasteiger partial charge on any atom is -0.379 e. The summed E-state index contributed by atoms with van der Waals surface area (Å²) >= 11 is 0. The fourth-order valence-corrected chi connectivity index (χ4v) is 2.36. The summed E-state index contributed by atoms with van der Waals surface area (Å²) in [6, 6.07) is 0.